The number of allylic oxidation sites excluding steroid dienone is 1. The summed E-state index contributed by atoms with van der Waals surface area (Å²) in [4.78, 5) is 18.2. The number of fused-ring (bicyclic) bond motifs is 1. The van der Waals surface area contributed by atoms with Gasteiger partial charge in [0, 0.05) is 42.9 Å². The van der Waals surface area contributed by atoms with Crippen LogP contribution in [0.25, 0.3) is 16.6 Å². The van der Waals surface area contributed by atoms with Crippen molar-refractivity contribution in [2.75, 3.05) is 7.05 Å². The van der Waals surface area contributed by atoms with Crippen LogP contribution in [0.5, 0.6) is 0 Å². The Morgan fingerprint density at radius 3 is 3.00 bits per heavy atom. The smallest absolute Gasteiger partial charge is 0.248 e. The van der Waals surface area contributed by atoms with Gasteiger partial charge in [0.2, 0.25) is 5.56 Å². The third kappa shape index (κ3) is 2.12. The SMILES string of the molecule is CN/C=C(\C=N)c1cnc2ccc(=O)[nH]c2c1Cl. The van der Waals surface area contributed by atoms with Crippen molar-refractivity contribution in [3.8, 4) is 0 Å². The minimum absolute atomic E-state index is 0.239. The summed E-state index contributed by atoms with van der Waals surface area (Å²) < 4.78 is 0. The maximum atomic E-state index is 11.3. The van der Waals surface area contributed by atoms with Gasteiger partial charge in [0.15, 0.2) is 0 Å². The summed E-state index contributed by atoms with van der Waals surface area (Å²) in [5.41, 5.74) is 2.02. The molecule has 0 aromatic carbocycles. The second-order valence-electron chi connectivity index (χ2n) is 3.60. The monoisotopic (exact) mass is 262 g/mol. The molecule has 0 radical (unpaired) electrons. The molecule has 0 bridgehead atoms. The molecule has 0 aliphatic carbocycles. The van der Waals surface area contributed by atoms with E-state index >= 15 is 0 Å². The molecule has 0 aliphatic heterocycles. The number of pyridine rings is 2. The zero-order valence-corrected chi connectivity index (χ0v) is 10.4. The molecule has 0 saturated heterocycles. The maximum Gasteiger partial charge on any atom is 0.248 e. The Kier molecular flexibility index (Phi) is 3.43. The molecule has 0 aliphatic rings. The molecule has 0 saturated carbocycles. The molecule has 6 heteroatoms. The Hall–Kier alpha value is -2.14. The standard InChI is InChI=1S/C12H11ClN4O/c1-15-5-7(4-14)8-6-16-9-2-3-10(18)17-12(9)11(8)13/h2-6,14-15H,1H3,(H,17,18)/b7-5+,14-4?. The predicted octanol–water partition coefficient (Wildman–Crippen LogP) is 1.79. The highest BCUT2D eigenvalue weighted by molar-refractivity contribution is 6.37. The van der Waals surface area contributed by atoms with Crippen LogP contribution in [-0.2, 0) is 0 Å². The number of nitrogens with zero attached hydrogens (tertiary/aromatic N) is 1. The molecule has 0 fully saturated rings. The average molecular weight is 263 g/mol. The normalized spacial score (nSPS) is 11.6. The van der Waals surface area contributed by atoms with E-state index in [2.05, 4.69) is 15.3 Å². The van der Waals surface area contributed by atoms with Gasteiger partial charge in [0.25, 0.3) is 0 Å². The molecule has 0 amide bonds. The highest BCUT2D eigenvalue weighted by Crippen LogP contribution is 2.27. The summed E-state index contributed by atoms with van der Waals surface area (Å²) in [6.07, 6.45) is 4.40. The highest BCUT2D eigenvalue weighted by Gasteiger charge is 2.10. The number of nitrogens with one attached hydrogen (secondary N) is 3. The van der Waals surface area contributed by atoms with E-state index in [0.717, 1.165) is 0 Å². The molecule has 0 atom stereocenters. The van der Waals surface area contributed by atoms with Gasteiger partial charge in [0.1, 0.15) is 0 Å². The molecule has 92 valence electrons. The molecule has 2 aromatic heterocycles. The summed E-state index contributed by atoms with van der Waals surface area (Å²) in [5.74, 6) is 0. The van der Waals surface area contributed by atoms with E-state index in [4.69, 9.17) is 17.0 Å². The van der Waals surface area contributed by atoms with Crippen molar-refractivity contribution in [2.24, 2.45) is 0 Å². The van der Waals surface area contributed by atoms with Gasteiger partial charge in [-0.3, -0.25) is 9.78 Å². The molecular weight excluding hydrogens is 252 g/mol. The molecule has 0 spiro atoms. The van der Waals surface area contributed by atoms with E-state index in [-0.39, 0.29) is 5.56 Å². The Bertz CT molecular complexity index is 690. The number of hydrogen-bond acceptors (Lipinski definition) is 4. The topological polar surface area (TPSA) is 81.6 Å². The van der Waals surface area contributed by atoms with Gasteiger partial charge >= 0.3 is 0 Å². The summed E-state index contributed by atoms with van der Waals surface area (Å²) in [7, 11) is 1.73. The Labute approximate surface area is 108 Å². The fourth-order valence-corrected chi connectivity index (χ4v) is 1.92. The minimum Gasteiger partial charge on any atom is -0.393 e. The lowest BCUT2D eigenvalue weighted by atomic mass is 10.1. The van der Waals surface area contributed by atoms with E-state index < -0.39 is 0 Å². The number of halogens is 1. The molecule has 2 heterocycles. The molecule has 2 rings (SSSR count). The van der Waals surface area contributed by atoms with Crippen molar-refractivity contribution in [3.63, 3.8) is 0 Å². The lowest BCUT2D eigenvalue weighted by Crippen LogP contribution is -2.05. The van der Waals surface area contributed by atoms with Crippen molar-refractivity contribution < 1.29 is 0 Å². The van der Waals surface area contributed by atoms with Crippen molar-refractivity contribution in [1.82, 2.24) is 15.3 Å². The van der Waals surface area contributed by atoms with Gasteiger partial charge in [-0.15, -0.1) is 0 Å². The molecular formula is C12H11ClN4O. The van der Waals surface area contributed by atoms with Crippen molar-refractivity contribution in [2.45, 2.75) is 0 Å². The van der Waals surface area contributed by atoms with Crippen LogP contribution in [-0.4, -0.2) is 23.2 Å². The second kappa shape index (κ2) is 5.01. The van der Waals surface area contributed by atoms with Gasteiger partial charge in [-0.1, -0.05) is 11.6 Å². The first-order valence-corrected chi connectivity index (χ1v) is 5.61. The average Bonchev–Trinajstić information content (AvgIpc) is 2.38. The lowest BCUT2D eigenvalue weighted by molar-refractivity contribution is 1.11. The number of rotatable bonds is 3. The number of aromatic nitrogens is 2. The molecule has 2 aromatic rings. The van der Waals surface area contributed by atoms with E-state index in [1.807, 2.05) is 0 Å². The molecule has 3 N–H and O–H groups in total. The van der Waals surface area contributed by atoms with Gasteiger partial charge in [-0.05, 0) is 6.07 Å². The summed E-state index contributed by atoms with van der Waals surface area (Å²) in [6.45, 7) is 0. The first-order chi connectivity index (χ1) is 8.67. The maximum absolute atomic E-state index is 11.3. The van der Waals surface area contributed by atoms with Crippen LogP contribution in [0.15, 0.2) is 29.3 Å². The molecule has 18 heavy (non-hydrogen) atoms. The minimum atomic E-state index is -0.239. The predicted molar refractivity (Wildman–Crippen MR) is 73.2 cm³/mol. The highest BCUT2D eigenvalue weighted by atomic mass is 35.5. The number of H-pyrrole nitrogens is 1. The van der Waals surface area contributed by atoms with Crippen molar-refractivity contribution in [1.29, 1.82) is 5.41 Å². The third-order valence-electron chi connectivity index (χ3n) is 2.45. The number of hydrogen-bond donors (Lipinski definition) is 3. The fourth-order valence-electron chi connectivity index (χ4n) is 1.62. The quantitative estimate of drug-likeness (QED) is 0.738. The van der Waals surface area contributed by atoms with E-state index in [0.29, 0.717) is 27.2 Å². The molecule has 5 nitrogen and oxygen atoms in total. The molecule has 0 unspecified atom stereocenters. The van der Waals surface area contributed by atoms with E-state index in [9.17, 15) is 4.79 Å². The number of aromatic amines is 1. The summed E-state index contributed by atoms with van der Waals surface area (Å²) in [5, 5.41) is 10.6. The van der Waals surface area contributed by atoms with Gasteiger partial charge in [0.05, 0.1) is 16.1 Å². The Balaban J connectivity index is 2.74. The van der Waals surface area contributed by atoms with Crippen LogP contribution in [0.4, 0.5) is 0 Å². The van der Waals surface area contributed by atoms with Crippen LogP contribution < -0.4 is 10.9 Å². The van der Waals surface area contributed by atoms with Gasteiger partial charge in [-0.25, -0.2) is 0 Å². The first-order valence-electron chi connectivity index (χ1n) is 5.23. The van der Waals surface area contributed by atoms with Crippen molar-refractivity contribution in [3.05, 3.63) is 45.5 Å². The Morgan fingerprint density at radius 1 is 1.56 bits per heavy atom. The van der Waals surface area contributed by atoms with Crippen LogP contribution >= 0.6 is 11.6 Å². The van der Waals surface area contributed by atoms with Gasteiger partial charge in [-0.2, -0.15) is 0 Å². The van der Waals surface area contributed by atoms with Crippen molar-refractivity contribution >= 4 is 34.4 Å². The zero-order valence-electron chi connectivity index (χ0n) is 9.62. The van der Waals surface area contributed by atoms with Crippen LogP contribution in [0, 0.1) is 5.41 Å². The summed E-state index contributed by atoms with van der Waals surface area (Å²) >= 11 is 6.24. The second-order valence-corrected chi connectivity index (χ2v) is 3.98. The fraction of sp³-hybridized carbons (Fsp3) is 0.0833. The zero-order chi connectivity index (χ0) is 13.1. The third-order valence-corrected chi connectivity index (χ3v) is 2.84. The van der Waals surface area contributed by atoms with E-state index in [1.54, 1.807) is 25.5 Å². The summed E-state index contributed by atoms with van der Waals surface area (Å²) in [6, 6.07) is 3.00. The van der Waals surface area contributed by atoms with Gasteiger partial charge < -0.3 is 15.7 Å². The largest absolute Gasteiger partial charge is 0.393 e. The van der Waals surface area contributed by atoms with E-state index in [1.165, 1.54) is 12.3 Å². The van der Waals surface area contributed by atoms with Crippen LogP contribution in [0.2, 0.25) is 5.02 Å². The van der Waals surface area contributed by atoms with Crippen LogP contribution in [0.1, 0.15) is 5.56 Å². The van der Waals surface area contributed by atoms with Crippen LogP contribution in [0.3, 0.4) is 0 Å². The first kappa shape index (κ1) is 12.3. The lowest BCUT2D eigenvalue weighted by Gasteiger charge is -2.07. The Morgan fingerprint density at radius 2 is 2.33 bits per heavy atom.